The second-order valence-electron chi connectivity index (χ2n) is 3.89. The van der Waals surface area contributed by atoms with Gasteiger partial charge in [-0.05, 0) is 30.7 Å². The number of ether oxygens (including phenoxy) is 1. The molecule has 1 aromatic carbocycles. The summed E-state index contributed by atoms with van der Waals surface area (Å²) < 4.78 is 5.14. The number of rotatable bonds is 5. The van der Waals surface area contributed by atoms with Gasteiger partial charge >= 0.3 is 0 Å². The monoisotopic (exact) mass is 242 g/mol. The van der Waals surface area contributed by atoms with Crippen molar-refractivity contribution in [3.8, 4) is 0 Å². The quantitative estimate of drug-likeness (QED) is 0.861. The van der Waals surface area contributed by atoms with Crippen molar-refractivity contribution in [1.82, 2.24) is 0 Å². The predicted molar refractivity (Wildman–Crippen MR) is 69.1 cm³/mol. The summed E-state index contributed by atoms with van der Waals surface area (Å²) >= 11 is 5.94. The van der Waals surface area contributed by atoms with Gasteiger partial charge in [0.2, 0.25) is 0 Å². The molecule has 2 N–H and O–H groups in total. The fourth-order valence-electron chi connectivity index (χ4n) is 1.65. The Morgan fingerprint density at radius 2 is 2.19 bits per heavy atom. The van der Waals surface area contributed by atoms with E-state index in [2.05, 4.69) is 11.8 Å². The number of nitrogens with two attached hydrogens (primary N) is 1. The van der Waals surface area contributed by atoms with Crippen LogP contribution in [0.15, 0.2) is 18.2 Å². The van der Waals surface area contributed by atoms with Crippen LogP contribution in [-0.2, 0) is 11.3 Å². The zero-order valence-electron chi connectivity index (χ0n) is 10.0. The Morgan fingerprint density at radius 3 is 2.75 bits per heavy atom. The third-order valence-corrected chi connectivity index (χ3v) is 2.95. The SMILES string of the molecule is COCC(C)N(C)c1ccc(Cl)cc1CN. The number of hydrogen-bond donors (Lipinski definition) is 1. The van der Waals surface area contributed by atoms with E-state index in [1.165, 1.54) is 0 Å². The molecular weight excluding hydrogens is 224 g/mol. The predicted octanol–water partition coefficient (Wildman–Crippen LogP) is 2.27. The molecule has 16 heavy (non-hydrogen) atoms. The highest BCUT2D eigenvalue weighted by Crippen LogP contribution is 2.24. The Hall–Kier alpha value is -0.770. The molecule has 0 heterocycles. The van der Waals surface area contributed by atoms with E-state index in [1.54, 1.807) is 7.11 Å². The number of benzene rings is 1. The number of likely N-dealkylation sites (N-methyl/N-ethyl adjacent to an activating group) is 1. The summed E-state index contributed by atoms with van der Waals surface area (Å²) in [6, 6.07) is 6.09. The summed E-state index contributed by atoms with van der Waals surface area (Å²) in [7, 11) is 3.74. The molecule has 0 bridgehead atoms. The lowest BCUT2D eigenvalue weighted by Gasteiger charge is -2.28. The molecule has 0 aliphatic heterocycles. The molecule has 1 aromatic rings. The van der Waals surface area contributed by atoms with Crippen LogP contribution in [0.1, 0.15) is 12.5 Å². The molecule has 0 aliphatic rings. The van der Waals surface area contributed by atoms with Gasteiger partial charge < -0.3 is 15.4 Å². The molecule has 0 saturated heterocycles. The average molecular weight is 243 g/mol. The van der Waals surface area contributed by atoms with Gasteiger partial charge in [-0.15, -0.1) is 0 Å². The molecule has 4 heteroatoms. The zero-order chi connectivity index (χ0) is 12.1. The first-order chi connectivity index (χ1) is 7.60. The van der Waals surface area contributed by atoms with Crippen LogP contribution in [0.5, 0.6) is 0 Å². The van der Waals surface area contributed by atoms with Gasteiger partial charge in [0, 0.05) is 37.5 Å². The minimum absolute atomic E-state index is 0.302. The Morgan fingerprint density at radius 1 is 1.50 bits per heavy atom. The van der Waals surface area contributed by atoms with Gasteiger partial charge in [0.1, 0.15) is 0 Å². The second-order valence-corrected chi connectivity index (χ2v) is 4.33. The van der Waals surface area contributed by atoms with Crippen LogP contribution in [0.25, 0.3) is 0 Å². The lowest BCUT2D eigenvalue weighted by molar-refractivity contribution is 0.183. The largest absolute Gasteiger partial charge is 0.383 e. The summed E-state index contributed by atoms with van der Waals surface area (Å²) in [5.41, 5.74) is 7.88. The van der Waals surface area contributed by atoms with Crippen LogP contribution in [-0.4, -0.2) is 26.8 Å². The fraction of sp³-hybridized carbons (Fsp3) is 0.500. The number of nitrogens with zero attached hydrogens (tertiary/aromatic N) is 1. The van der Waals surface area contributed by atoms with E-state index >= 15 is 0 Å². The van der Waals surface area contributed by atoms with Crippen LogP contribution in [0.3, 0.4) is 0 Å². The molecule has 0 saturated carbocycles. The van der Waals surface area contributed by atoms with Crippen molar-refractivity contribution in [2.45, 2.75) is 19.5 Å². The van der Waals surface area contributed by atoms with Gasteiger partial charge in [0.25, 0.3) is 0 Å². The molecule has 1 rings (SSSR count). The van der Waals surface area contributed by atoms with Gasteiger partial charge in [-0.1, -0.05) is 11.6 Å². The molecule has 0 aromatic heterocycles. The molecule has 1 atom stereocenters. The third kappa shape index (κ3) is 3.11. The third-order valence-electron chi connectivity index (χ3n) is 2.71. The maximum absolute atomic E-state index is 5.94. The number of hydrogen-bond acceptors (Lipinski definition) is 3. The fourth-order valence-corrected chi connectivity index (χ4v) is 1.85. The first-order valence-electron chi connectivity index (χ1n) is 5.30. The lowest BCUT2D eigenvalue weighted by Crippen LogP contribution is -2.33. The number of halogens is 1. The van der Waals surface area contributed by atoms with Crippen LogP contribution in [0.2, 0.25) is 5.02 Å². The van der Waals surface area contributed by atoms with Gasteiger partial charge in [-0.2, -0.15) is 0 Å². The molecule has 0 amide bonds. The van der Waals surface area contributed by atoms with Crippen LogP contribution in [0.4, 0.5) is 5.69 Å². The molecule has 90 valence electrons. The molecule has 3 nitrogen and oxygen atoms in total. The number of methoxy groups -OCH3 is 1. The zero-order valence-corrected chi connectivity index (χ0v) is 10.8. The molecule has 0 radical (unpaired) electrons. The van der Waals surface area contributed by atoms with Crippen molar-refractivity contribution in [3.05, 3.63) is 28.8 Å². The topological polar surface area (TPSA) is 38.5 Å². The van der Waals surface area contributed by atoms with Crippen molar-refractivity contribution in [1.29, 1.82) is 0 Å². The average Bonchev–Trinajstić information content (AvgIpc) is 2.28. The van der Waals surface area contributed by atoms with Gasteiger partial charge in [-0.25, -0.2) is 0 Å². The van der Waals surface area contributed by atoms with Gasteiger partial charge in [0.05, 0.1) is 6.61 Å². The van der Waals surface area contributed by atoms with Crippen LogP contribution in [0, 0.1) is 0 Å². The van der Waals surface area contributed by atoms with Gasteiger partial charge in [0.15, 0.2) is 0 Å². The van der Waals surface area contributed by atoms with E-state index < -0.39 is 0 Å². The lowest BCUT2D eigenvalue weighted by atomic mass is 10.1. The summed E-state index contributed by atoms with van der Waals surface area (Å²) in [4.78, 5) is 2.15. The normalized spacial score (nSPS) is 12.6. The van der Waals surface area contributed by atoms with Crippen molar-refractivity contribution < 1.29 is 4.74 Å². The second kappa shape index (κ2) is 6.09. The highest BCUT2D eigenvalue weighted by molar-refractivity contribution is 6.30. The van der Waals surface area contributed by atoms with Crippen LogP contribution >= 0.6 is 11.6 Å². The van der Waals surface area contributed by atoms with Crippen molar-refractivity contribution in [2.75, 3.05) is 25.7 Å². The highest BCUT2D eigenvalue weighted by Gasteiger charge is 2.12. The van der Waals surface area contributed by atoms with E-state index in [4.69, 9.17) is 22.1 Å². The molecular formula is C12H19ClN2O. The smallest absolute Gasteiger partial charge is 0.0663 e. The summed E-state index contributed by atoms with van der Waals surface area (Å²) in [5, 5.41) is 0.719. The summed E-state index contributed by atoms with van der Waals surface area (Å²) in [6.45, 7) is 3.28. The molecule has 1 unspecified atom stereocenters. The minimum Gasteiger partial charge on any atom is -0.383 e. The number of anilines is 1. The van der Waals surface area contributed by atoms with E-state index in [0.29, 0.717) is 19.2 Å². The van der Waals surface area contributed by atoms with Crippen molar-refractivity contribution in [3.63, 3.8) is 0 Å². The Bertz CT molecular complexity index is 344. The molecule has 0 fully saturated rings. The maximum Gasteiger partial charge on any atom is 0.0663 e. The van der Waals surface area contributed by atoms with Gasteiger partial charge in [-0.3, -0.25) is 0 Å². The summed E-state index contributed by atoms with van der Waals surface area (Å²) in [5.74, 6) is 0. The Kier molecular flexibility index (Phi) is 5.06. The van der Waals surface area contributed by atoms with Crippen molar-refractivity contribution in [2.24, 2.45) is 5.73 Å². The summed E-state index contributed by atoms with van der Waals surface area (Å²) in [6.07, 6.45) is 0. The molecule has 0 aliphatic carbocycles. The Labute approximate surface area is 102 Å². The van der Waals surface area contributed by atoms with Crippen LogP contribution < -0.4 is 10.6 Å². The first-order valence-corrected chi connectivity index (χ1v) is 5.68. The van der Waals surface area contributed by atoms with Crippen molar-refractivity contribution >= 4 is 17.3 Å². The first kappa shape index (κ1) is 13.3. The van der Waals surface area contributed by atoms with E-state index in [9.17, 15) is 0 Å². The minimum atomic E-state index is 0.302. The highest BCUT2D eigenvalue weighted by atomic mass is 35.5. The van der Waals surface area contributed by atoms with E-state index in [1.807, 2.05) is 25.2 Å². The van der Waals surface area contributed by atoms with E-state index in [-0.39, 0.29) is 0 Å². The Balaban J connectivity index is 2.93. The van der Waals surface area contributed by atoms with E-state index in [0.717, 1.165) is 16.3 Å². The molecule has 0 spiro atoms. The standard InChI is InChI=1S/C12H19ClN2O/c1-9(8-16-3)15(2)12-5-4-11(13)6-10(12)7-14/h4-6,9H,7-8,14H2,1-3H3. The maximum atomic E-state index is 5.94.